The number of nitriles is 1. The third kappa shape index (κ3) is 7.01. The molecule has 0 aromatic carbocycles. The highest BCUT2D eigenvalue weighted by atomic mass is 35.5. The molecule has 1 fully saturated rings. The van der Waals surface area contributed by atoms with E-state index in [9.17, 15) is 9.36 Å². The van der Waals surface area contributed by atoms with Crippen molar-refractivity contribution < 1.29 is 37.1 Å². The van der Waals surface area contributed by atoms with Gasteiger partial charge in [-0.2, -0.15) is 15.2 Å². The molecule has 3 rings (SSSR count). The van der Waals surface area contributed by atoms with E-state index in [1.54, 1.807) is 0 Å². The van der Waals surface area contributed by atoms with Gasteiger partial charge in [-0.15, -0.1) is 6.58 Å². The van der Waals surface area contributed by atoms with Crippen molar-refractivity contribution in [2.75, 3.05) is 32.2 Å². The summed E-state index contributed by atoms with van der Waals surface area (Å²) in [6.07, 6.45) is 0.596. The van der Waals surface area contributed by atoms with Crippen LogP contribution < -0.4 is 5.73 Å². The average Bonchev–Trinajstić information content (AvgIpc) is 3.44. The number of phosphoric ester groups is 1. The molecule has 1 aliphatic rings. The Morgan fingerprint density at radius 3 is 2.83 bits per heavy atom. The number of fused-ring (bicyclic) bond motifs is 1. The number of anilines is 1. The maximum absolute atomic E-state index is 13.2. The molecule has 1 saturated heterocycles. The van der Waals surface area contributed by atoms with Crippen LogP contribution in [0.4, 0.5) is 10.6 Å². The first kappa shape index (κ1) is 27.5. The van der Waals surface area contributed by atoms with Gasteiger partial charge in [0.1, 0.15) is 37.2 Å². The molecule has 36 heavy (non-hydrogen) atoms. The molecule has 1 aliphatic heterocycles. The van der Waals surface area contributed by atoms with Gasteiger partial charge in [0.15, 0.2) is 11.5 Å². The van der Waals surface area contributed by atoms with Crippen molar-refractivity contribution >= 4 is 42.6 Å². The van der Waals surface area contributed by atoms with Crippen LogP contribution in [-0.4, -0.2) is 64.3 Å². The highest BCUT2D eigenvalue weighted by molar-refractivity contribution is 7.48. The van der Waals surface area contributed by atoms with Crippen molar-refractivity contribution in [3.05, 3.63) is 36.9 Å². The summed E-state index contributed by atoms with van der Waals surface area (Å²) >= 11 is 5.95. The Labute approximate surface area is 211 Å². The van der Waals surface area contributed by atoms with Gasteiger partial charge in [0.05, 0.1) is 32.0 Å². The standard InChI is InChI=1S/C20H24ClN6O8P/c1-3-7-30-20(28)31-11-14-13(35-36(29,32-8-4-2)33-9-5-6-22)10-15(34-14)27-12-24-16-17(23)25-19(21)26-18(16)27/h3-4,12-15H,1-2,5,7-11H2,(H2,23,25,26)/t13-,14+,15+,36?/m0/s1. The quantitative estimate of drug-likeness (QED) is 0.128. The molecule has 1 unspecified atom stereocenters. The third-order valence-electron chi connectivity index (χ3n) is 4.67. The van der Waals surface area contributed by atoms with E-state index in [0.29, 0.717) is 11.2 Å². The normalized spacial score (nSPS) is 20.9. The molecule has 3 heterocycles. The summed E-state index contributed by atoms with van der Waals surface area (Å²) in [6, 6.07) is 1.88. The molecule has 0 spiro atoms. The lowest BCUT2D eigenvalue weighted by molar-refractivity contribution is -0.0566. The first-order valence-electron chi connectivity index (χ1n) is 10.6. The molecule has 0 aliphatic carbocycles. The summed E-state index contributed by atoms with van der Waals surface area (Å²) in [4.78, 5) is 24.1. The number of carbonyl (C=O) groups excluding carboxylic acids is 1. The number of nitrogens with zero attached hydrogens (tertiary/aromatic N) is 5. The zero-order chi connectivity index (χ0) is 26.1. The van der Waals surface area contributed by atoms with Crippen molar-refractivity contribution in [3.63, 3.8) is 0 Å². The van der Waals surface area contributed by atoms with Gasteiger partial charge in [0.25, 0.3) is 0 Å². The van der Waals surface area contributed by atoms with Crippen LogP contribution in [0.5, 0.6) is 0 Å². The van der Waals surface area contributed by atoms with Crippen molar-refractivity contribution in [2.45, 2.75) is 31.3 Å². The second kappa shape index (κ2) is 12.8. The lowest BCUT2D eigenvalue weighted by Crippen LogP contribution is -2.30. The number of phosphoric acid groups is 1. The number of halogens is 1. The molecular weight excluding hydrogens is 519 g/mol. The Bertz CT molecular complexity index is 1190. The van der Waals surface area contributed by atoms with E-state index in [2.05, 4.69) is 28.1 Å². The van der Waals surface area contributed by atoms with E-state index in [4.69, 9.17) is 50.4 Å². The highest BCUT2D eigenvalue weighted by Crippen LogP contribution is 2.53. The number of ether oxygens (including phenoxy) is 3. The van der Waals surface area contributed by atoms with E-state index in [1.807, 2.05) is 6.07 Å². The molecular formula is C20H24ClN6O8P. The van der Waals surface area contributed by atoms with Crippen LogP contribution >= 0.6 is 19.4 Å². The first-order valence-corrected chi connectivity index (χ1v) is 12.4. The van der Waals surface area contributed by atoms with Crippen molar-refractivity contribution in [1.82, 2.24) is 19.5 Å². The van der Waals surface area contributed by atoms with Crippen LogP contribution in [0.15, 0.2) is 31.6 Å². The van der Waals surface area contributed by atoms with E-state index in [-0.39, 0.29) is 50.4 Å². The zero-order valence-corrected chi connectivity index (χ0v) is 20.7. The zero-order valence-electron chi connectivity index (χ0n) is 19.0. The Balaban J connectivity index is 1.84. The fraction of sp³-hybridized carbons (Fsp3) is 0.450. The molecule has 14 nitrogen and oxygen atoms in total. The number of aromatic nitrogens is 4. The van der Waals surface area contributed by atoms with Crippen LogP contribution in [0.25, 0.3) is 11.2 Å². The maximum Gasteiger partial charge on any atom is 0.508 e. The number of nitrogen functional groups attached to an aromatic ring is 1. The average molecular weight is 543 g/mol. The SMILES string of the molecule is C=CCOC(=O)OC[C@H]1O[C@@H](n2cnc3c(N)nc(Cl)nc32)C[C@@H]1OP(=O)(OCC=C)OCCC#N. The van der Waals surface area contributed by atoms with Gasteiger partial charge in [-0.1, -0.05) is 18.7 Å². The molecule has 2 aromatic rings. The Hall–Kier alpha value is -3.05. The van der Waals surface area contributed by atoms with Crippen LogP contribution in [0, 0.1) is 11.3 Å². The molecule has 2 N–H and O–H groups in total. The summed E-state index contributed by atoms with van der Waals surface area (Å²) in [5, 5.41) is 8.68. The van der Waals surface area contributed by atoms with Crippen molar-refractivity contribution in [1.29, 1.82) is 5.26 Å². The predicted molar refractivity (Wildman–Crippen MR) is 126 cm³/mol. The number of imidazole rings is 1. The van der Waals surface area contributed by atoms with Gasteiger partial charge < -0.3 is 19.9 Å². The largest absolute Gasteiger partial charge is 0.508 e. The Kier molecular flexibility index (Phi) is 9.77. The third-order valence-corrected chi connectivity index (χ3v) is 6.34. The van der Waals surface area contributed by atoms with Gasteiger partial charge in [0.2, 0.25) is 5.28 Å². The summed E-state index contributed by atoms with van der Waals surface area (Å²) in [6.45, 7) is 6.26. The highest BCUT2D eigenvalue weighted by Gasteiger charge is 2.44. The Morgan fingerprint density at radius 2 is 2.11 bits per heavy atom. The number of carbonyl (C=O) groups is 1. The van der Waals surface area contributed by atoms with Gasteiger partial charge in [-0.05, 0) is 11.6 Å². The fourth-order valence-corrected chi connectivity index (χ4v) is 4.71. The maximum atomic E-state index is 13.2. The first-order chi connectivity index (χ1) is 17.3. The molecule has 0 bridgehead atoms. The summed E-state index contributed by atoms with van der Waals surface area (Å²) in [7, 11) is -4.16. The number of nitrogens with two attached hydrogens (primary N) is 1. The van der Waals surface area contributed by atoms with E-state index in [1.165, 1.54) is 23.0 Å². The fourth-order valence-electron chi connectivity index (χ4n) is 3.18. The smallest absolute Gasteiger partial charge is 0.431 e. The number of hydrogen-bond acceptors (Lipinski definition) is 13. The minimum atomic E-state index is -4.16. The van der Waals surface area contributed by atoms with Crippen LogP contribution in [0.2, 0.25) is 5.28 Å². The Morgan fingerprint density at radius 1 is 1.33 bits per heavy atom. The van der Waals surface area contributed by atoms with Gasteiger partial charge >= 0.3 is 14.0 Å². The van der Waals surface area contributed by atoms with Crippen LogP contribution in [-0.2, 0) is 32.3 Å². The second-order valence-corrected chi connectivity index (χ2v) is 9.10. The van der Waals surface area contributed by atoms with Gasteiger partial charge in [0, 0.05) is 6.42 Å². The lowest BCUT2D eigenvalue weighted by Gasteiger charge is -2.23. The molecule has 4 atom stereocenters. The molecule has 16 heteroatoms. The molecule has 0 amide bonds. The van der Waals surface area contributed by atoms with Crippen molar-refractivity contribution in [2.24, 2.45) is 0 Å². The lowest BCUT2D eigenvalue weighted by atomic mass is 10.2. The molecule has 2 aromatic heterocycles. The number of hydrogen-bond donors (Lipinski definition) is 1. The summed E-state index contributed by atoms with van der Waals surface area (Å²) in [5.41, 5.74) is 6.47. The van der Waals surface area contributed by atoms with Crippen LogP contribution in [0.3, 0.4) is 0 Å². The van der Waals surface area contributed by atoms with Crippen molar-refractivity contribution in [3.8, 4) is 6.07 Å². The summed E-state index contributed by atoms with van der Waals surface area (Å²) in [5.74, 6) is 0.0765. The minimum Gasteiger partial charge on any atom is -0.431 e. The minimum absolute atomic E-state index is 0.0425. The van der Waals surface area contributed by atoms with E-state index >= 15 is 0 Å². The summed E-state index contributed by atoms with van der Waals surface area (Å²) < 4.78 is 46.9. The predicted octanol–water partition coefficient (Wildman–Crippen LogP) is 3.31. The van der Waals surface area contributed by atoms with E-state index in [0.717, 1.165) is 0 Å². The molecule has 0 saturated carbocycles. The number of rotatable bonds is 13. The van der Waals surface area contributed by atoms with E-state index < -0.39 is 32.4 Å². The topological polar surface area (TPSA) is 183 Å². The van der Waals surface area contributed by atoms with Gasteiger partial charge in [-0.25, -0.2) is 14.3 Å². The second-order valence-electron chi connectivity index (χ2n) is 7.14. The molecule has 0 radical (unpaired) electrons. The van der Waals surface area contributed by atoms with Gasteiger partial charge in [-0.3, -0.25) is 18.1 Å². The monoisotopic (exact) mass is 542 g/mol. The molecule has 194 valence electrons. The van der Waals surface area contributed by atoms with Crippen LogP contribution in [0.1, 0.15) is 19.1 Å².